The van der Waals surface area contributed by atoms with E-state index in [1.807, 2.05) is 0 Å². The fourth-order valence-electron chi connectivity index (χ4n) is 1.26. The molecule has 0 aromatic heterocycles. The third-order valence-electron chi connectivity index (χ3n) is 2.26. The van der Waals surface area contributed by atoms with Crippen LogP contribution in [0.15, 0.2) is 27.7 Å². The molecule has 0 aliphatic carbocycles. The van der Waals surface area contributed by atoms with Crippen molar-refractivity contribution in [1.29, 1.82) is 0 Å². The fraction of sp³-hybridized carbons (Fsp3) is 0.273. The number of rotatable bonds is 4. The lowest BCUT2D eigenvalue weighted by atomic mass is 10.2. The lowest BCUT2D eigenvalue weighted by molar-refractivity contribution is -0.384. The van der Waals surface area contributed by atoms with E-state index in [1.165, 1.54) is 0 Å². The quantitative estimate of drug-likeness (QED) is 0.352. The summed E-state index contributed by atoms with van der Waals surface area (Å²) >= 11 is 2.90. The molecule has 0 aliphatic rings. The van der Waals surface area contributed by atoms with Gasteiger partial charge in [-0.1, -0.05) is 0 Å². The number of ether oxygens (including phenoxy) is 1. The molecule has 0 N–H and O–H groups in total. The van der Waals surface area contributed by atoms with E-state index in [0.717, 1.165) is 25.3 Å². The maximum atomic E-state index is 12.8. The van der Waals surface area contributed by atoms with Crippen molar-refractivity contribution in [3.8, 4) is 0 Å². The number of hydrogen-bond acceptors (Lipinski definition) is 5. The molecule has 114 valence electrons. The Labute approximate surface area is 124 Å². The summed E-state index contributed by atoms with van der Waals surface area (Å²) in [6.07, 6.45) is -5.88. The molecule has 21 heavy (non-hydrogen) atoms. The number of carbonyl (C=O) groups is 1. The highest BCUT2D eigenvalue weighted by molar-refractivity contribution is 9.10. The Bertz CT molecular complexity index is 602. The van der Waals surface area contributed by atoms with Crippen LogP contribution in [0.4, 0.5) is 24.5 Å². The Morgan fingerprint density at radius 3 is 2.52 bits per heavy atom. The number of aliphatic imine (C=N–C) groups is 1. The Balaban J connectivity index is 3.22. The molecule has 1 rings (SSSR count). The van der Waals surface area contributed by atoms with Crippen LogP contribution < -0.4 is 0 Å². The fourth-order valence-corrected chi connectivity index (χ4v) is 1.71. The van der Waals surface area contributed by atoms with Gasteiger partial charge >= 0.3 is 12.1 Å². The molecule has 6 nitrogen and oxygen atoms in total. The Hall–Kier alpha value is -1.97. The summed E-state index contributed by atoms with van der Waals surface area (Å²) in [5, 5.41) is 10.5. The van der Waals surface area contributed by atoms with Crippen molar-refractivity contribution in [2.75, 3.05) is 7.11 Å². The number of benzene rings is 1. The van der Waals surface area contributed by atoms with Crippen molar-refractivity contribution >= 4 is 39.0 Å². The smallest absolute Gasteiger partial charge is 0.430 e. The SMILES string of the molecule is COC(=O)CC(=Nc1ccc([N+](=O)[O-])cc1Br)C(F)(F)F. The first-order valence-electron chi connectivity index (χ1n) is 5.30. The third-order valence-corrected chi connectivity index (χ3v) is 2.90. The number of methoxy groups -OCH3 is 1. The molecule has 0 amide bonds. The van der Waals surface area contributed by atoms with Gasteiger partial charge in [-0.25, -0.2) is 4.99 Å². The van der Waals surface area contributed by atoms with Gasteiger partial charge in [-0.05, 0) is 22.0 Å². The number of non-ortho nitro benzene ring substituents is 1. The number of nitro benzene ring substituents is 1. The summed E-state index contributed by atoms with van der Waals surface area (Å²) in [5.41, 5.74) is -1.84. The molecule has 0 unspecified atom stereocenters. The predicted octanol–water partition coefficient (Wildman–Crippen LogP) is 3.56. The topological polar surface area (TPSA) is 81.8 Å². The van der Waals surface area contributed by atoms with Crippen LogP contribution in [-0.2, 0) is 9.53 Å². The molecule has 0 bridgehead atoms. The van der Waals surface area contributed by atoms with Gasteiger partial charge < -0.3 is 4.74 Å². The number of halogens is 4. The second-order valence-corrected chi connectivity index (χ2v) is 4.56. The first-order chi connectivity index (χ1) is 9.65. The summed E-state index contributed by atoms with van der Waals surface area (Å²) in [6.45, 7) is 0. The second kappa shape index (κ2) is 6.66. The molecule has 0 spiro atoms. The summed E-state index contributed by atoms with van der Waals surface area (Å²) in [7, 11) is 0.956. The lowest BCUT2D eigenvalue weighted by Crippen LogP contribution is -2.26. The normalized spacial score (nSPS) is 12.1. The second-order valence-electron chi connectivity index (χ2n) is 3.70. The number of alkyl halides is 3. The number of nitrogens with zero attached hydrogens (tertiary/aromatic N) is 2. The Morgan fingerprint density at radius 1 is 1.48 bits per heavy atom. The Kier molecular flexibility index (Phi) is 5.41. The van der Waals surface area contributed by atoms with Crippen molar-refractivity contribution in [1.82, 2.24) is 0 Å². The van der Waals surface area contributed by atoms with Crippen molar-refractivity contribution in [2.24, 2.45) is 4.99 Å². The van der Waals surface area contributed by atoms with Crippen molar-refractivity contribution in [3.63, 3.8) is 0 Å². The number of carbonyl (C=O) groups excluding carboxylic acids is 1. The van der Waals surface area contributed by atoms with Gasteiger partial charge in [-0.2, -0.15) is 13.2 Å². The molecule has 10 heteroatoms. The Morgan fingerprint density at radius 2 is 2.10 bits per heavy atom. The van der Waals surface area contributed by atoms with Crippen LogP contribution in [0, 0.1) is 10.1 Å². The van der Waals surface area contributed by atoms with Crippen LogP contribution in [0.25, 0.3) is 0 Å². The van der Waals surface area contributed by atoms with E-state index in [4.69, 9.17) is 0 Å². The van der Waals surface area contributed by atoms with Gasteiger partial charge in [-0.3, -0.25) is 14.9 Å². The van der Waals surface area contributed by atoms with Crippen LogP contribution in [0.5, 0.6) is 0 Å². The van der Waals surface area contributed by atoms with Gasteiger partial charge in [0.05, 0.1) is 28.6 Å². The van der Waals surface area contributed by atoms with Crippen LogP contribution in [-0.4, -0.2) is 29.9 Å². The summed E-state index contributed by atoms with van der Waals surface area (Å²) < 4.78 is 42.5. The zero-order chi connectivity index (χ0) is 16.2. The van der Waals surface area contributed by atoms with E-state index in [1.54, 1.807) is 0 Å². The highest BCUT2D eigenvalue weighted by Gasteiger charge is 2.37. The van der Waals surface area contributed by atoms with E-state index in [2.05, 4.69) is 25.7 Å². The molecular weight excluding hydrogens is 361 g/mol. The van der Waals surface area contributed by atoms with Crippen LogP contribution >= 0.6 is 15.9 Å². The average molecular weight is 369 g/mol. The first kappa shape index (κ1) is 17.1. The molecule has 0 radical (unpaired) electrons. The molecule has 0 atom stereocenters. The first-order valence-corrected chi connectivity index (χ1v) is 6.10. The van der Waals surface area contributed by atoms with Crippen LogP contribution in [0.2, 0.25) is 0 Å². The van der Waals surface area contributed by atoms with E-state index in [0.29, 0.717) is 0 Å². The molecule has 0 aliphatic heterocycles. The number of hydrogen-bond donors (Lipinski definition) is 0. The monoisotopic (exact) mass is 368 g/mol. The highest BCUT2D eigenvalue weighted by atomic mass is 79.9. The average Bonchev–Trinajstić information content (AvgIpc) is 2.38. The summed E-state index contributed by atoms with van der Waals surface area (Å²) in [4.78, 5) is 24.2. The summed E-state index contributed by atoms with van der Waals surface area (Å²) in [5.74, 6) is -1.09. The maximum absolute atomic E-state index is 12.8. The number of esters is 1. The highest BCUT2D eigenvalue weighted by Crippen LogP contribution is 2.32. The molecular formula is C11H8BrF3N2O4. The van der Waals surface area contributed by atoms with Crippen molar-refractivity contribution in [2.45, 2.75) is 12.6 Å². The minimum absolute atomic E-state index is 0.00307. The maximum Gasteiger partial charge on any atom is 0.430 e. The van der Waals surface area contributed by atoms with E-state index < -0.39 is 29.2 Å². The van der Waals surface area contributed by atoms with Gasteiger partial charge in [0.25, 0.3) is 5.69 Å². The van der Waals surface area contributed by atoms with E-state index in [-0.39, 0.29) is 15.8 Å². The minimum Gasteiger partial charge on any atom is -0.469 e. The van der Waals surface area contributed by atoms with Gasteiger partial charge in [0.1, 0.15) is 5.71 Å². The van der Waals surface area contributed by atoms with Gasteiger partial charge in [0, 0.05) is 12.1 Å². The molecule has 0 heterocycles. The molecule has 0 saturated heterocycles. The predicted molar refractivity (Wildman–Crippen MR) is 70.6 cm³/mol. The van der Waals surface area contributed by atoms with Crippen LogP contribution in [0.1, 0.15) is 6.42 Å². The standard InChI is InChI=1S/C11H8BrF3N2O4/c1-21-10(18)5-9(11(13,14)15)16-8-3-2-6(17(19)20)4-7(8)12/h2-4H,5H2,1H3. The summed E-state index contributed by atoms with van der Waals surface area (Å²) in [6, 6.07) is 3.08. The third kappa shape index (κ3) is 4.81. The van der Waals surface area contributed by atoms with E-state index in [9.17, 15) is 28.1 Å². The van der Waals surface area contributed by atoms with E-state index >= 15 is 0 Å². The zero-order valence-electron chi connectivity index (χ0n) is 10.5. The zero-order valence-corrected chi connectivity index (χ0v) is 12.1. The lowest BCUT2D eigenvalue weighted by Gasteiger charge is -2.10. The molecule has 0 fully saturated rings. The largest absolute Gasteiger partial charge is 0.469 e. The molecule has 1 aromatic rings. The van der Waals surface area contributed by atoms with Gasteiger partial charge in [-0.15, -0.1) is 0 Å². The van der Waals surface area contributed by atoms with Crippen LogP contribution in [0.3, 0.4) is 0 Å². The molecule has 0 saturated carbocycles. The van der Waals surface area contributed by atoms with Gasteiger partial charge in [0.15, 0.2) is 0 Å². The van der Waals surface area contributed by atoms with Gasteiger partial charge in [0.2, 0.25) is 0 Å². The molecule has 1 aromatic carbocycles. The minimum atomic E-state index is -4.82. The number of nitro groups is 1. The van der Waals surface area contributed by atoms with Crippen molar-refractivity contribution in [3.05, 3.63) is 32.8 Å². The van der Waals surface area contributed by atoms with Crippen molar-refractivity contribution < 1.29 is 27.6 Å².